The molecule has 3 fully saturated rings. The summed E-state index contributed by atoms with van der Waals surface area (Å²) in [5.41, 5.74) is 0.220. The molecule has 31 heavy (non-hydrogen) atoms. The van der Waals surface area contributed by atoms with E-state index in [9.17, 15) is 21.6 Å². The van der Waals surface area contributed by atoms with Gasteiger partial charge in [-0.05, 0) is 44.8 Å². The number of rotatable bonds is 5. The number of sulfonamides is 1. The smallest absolute Gasteiger partial charge is 0.268 e. The Labute approximate surface area is 184 Å². The molecule has 0 aromatic carbocycles. The second kappa shape index (κ2) is 8.84. The molecule has 3 aliphatic heterocycles. The molecule has 1 aromatic rings. The van der Waals surface area contributed by atoms with Crippen LogP contribution in [0.15, 0.2) is 17.2 Å². The molecule has 2 unspecified atom stereocenters. The molecule has 1 amide bonds. The summed E-state index contributed by atoms with van der Waals surface area (Å²) < 4.78 is 53.5. The Kier molecular flexibility index (Phi) is 6.49. The Morgan fingerprint density at radius 1 is 1.00 bits per heavy atom. The number of aromatic nitrogens is 1. The van der Waals surface area contributed by atoms with E-state index in [1.165, 1.54) is 21.1 Å². The lowest BCUT2D eigenvalue weighted by Gasteiger charge is -2.35. The number of carbonyl (C=O) groups is 1. The maximum Gasteiger partial charge on any atom is 0.268 e. The van der Waals surface area contributed by atoms with Crippen molar-refractivity contribution in [3.63, 3.8) is 0 Å². The van der Waals surface area contributed by atoms with Crippen LogP contribution in [0.25, 0.3) is 0 Å². The highest BCUT2D eigenvalue weighted by atomic mass is 32.2. The van der Waals surface area contributed by atoms with E-state index in [4.69, 9.17) is 0 Å². The van der Waals surface area contributed by atoms with E-state index in [0.29, 0.717) is 13.1 Å². The first-order chi connectivity index (χ1) is 14.7. The molecular weight excluding hydrogens is 440 g/mol. The quantitative estimate of drug-likeness (QED) is 0.672. The van der Waals surface area contributed by atoms with E-state index in [1.54, 1.807) is 7.05 Å². The molecule has 1 aromatic heterocycles. The van der Waals surface area contributed by atoms with Crippen molar-refractivity contribution < 1.29 is 21.6 Å². The molecule has 4 heterocycles. The van der Waals surface area contributed by atoms with Gasteiger partial charge in [-0.3, -0.25) is 9.69 Å². The highest BCUT2D eigenvalue weighted by Gasteiger charge is 2.42. The van der Waals surface area contributed by atoms with E-state index >= 15 is 0 Å². The zero-order chi connectivity index (χ0) is 22.2. The van der Waals surface area contributed by atoms with E-state index in [0.717, 1.165) is 51.6 Å². The number of nitrogens with zero attached hydrogens (tertiary/aromatic N) is 3. The molecule has 2 atom stereocenters. The van der Waals surface area contributed by atoms with Crippen LogP contribution in [0.2, 0.25) is 0 Å². The van der Waals surface area contributed by atoms with Crippen LogP contribution in [0.4, 0.5) is 0 Å². The van der Waals surface area contributed by atoms with E-state index in [1.807, 2.05) is 0 Å². The summed E-state index contributed by atoms with van der Waals surface area (Å²) in [7, 11) is -5.24. The number of hydrogen-bond donors (Lipinski definition) is 1. The number of aryl methyl sites for hydroxylation is 1. The number of sulfone groups is 1. The lowest BCUT2D eigenvalue weighted by atomic mass is 10.0. The molecule has 3 saturated heterocycles. The van der Waals surface area contributed by atoms with E-state index in [2.05, 4.69) is 10.2 Å². The van der Waals surface area contributed by atoms with Gasteiger partial charge in [-0.15, -0.1) is 0 Å². The number of piperidine rings is 2. The summed E-state index contributed by atoms with van der Waals surface area (Å²) in [6.07, 6.45) is 7.38. The van der Waals surface area contributed by atoms with E-state index < -0.39 is 31.8 Å². The fraction of sp³-hybridized carbons (Fsp3) is 0.750. The average molecular weight is 473 g/mol. The Hall–Kier alpha value is -1.43. The number of carbonyl (C=O) groups excluding carboxylic acids is 1. The largest absolute Gasteiger partial charge is 0.345 e. The minimum absolute atomic E-state index is 0.0552. The van der Waals surface area contributed by atoms with Gasteiger partial charge < -0.3 is 9.88 Å². The van der Waals surface area contributed by atoms with Crippen molar-refractivity contribution in [2.75, 3.05) is 37.7 Å². The molecule has 0 spiro atoms. The highest BCUT2D eigenvalue weighted by molar-refractivity contribution is 7.91. The molecule has 174 valence electrons. The summed E-state index contributed by atoms with van der Waals surface area (Å²) in [4.78, 5) is 15.3. The first kappa shape index (κ1) is 22.8. The molecule has 0 aliphatic carbocycles. The Morgan fingerprint density at radius 3 is 2.26 bits per heavy atom. The first-order valence-electron chi connectivity index (χ1n) is 11.1. The minimum Gasteiger partial charge on any atom is -0.345 e. The molecule has 1 N–H and O–H groups in total. The van der Waals surface area contributed by atoms with Crippen molar-refractivity contribution in [1.29, 1.82) is 0 Å². The van der Waals surface area contributed by atoms with Crippen LogP contribution in [0.3, 0.4) is 0 Å². The van der Waals surface area contributed by atoms with E-state index in [-0.39, 0.29) is 28.1 Å². The summed E-state index contributed by atoms with van der Waals surface area (Å²) in [5, 5.41) is 2.89. The van der Waals surface area contributed by atoms with Crippen LogP contribution in [0.1, 0.15) is 49.0 Å². The maximum atomic E-state index is 13.0. The van der Waals surface area contributed by atoms with Gasteiger partial charge in [0.15, 0.2) is 9.84 Å². The van der Waals surface area contributed by atoms with Gasteiger partial charge in [0.05, 0.1) is 17.5 Å². The van der Waals surface area contributed by atoms with Gasteiger partial charge in [-0.1, -0.05) is 12.8 Å². The van der Waals surface area contributed by atoms with Crippen molar-refractivity contribution in [1.82, 2.24) is 19.1 Å². The van der Waals surface area contributed by atoms with Gasteiger partial charge in [-0.2, -0.15) is 4.31 Å². The van der Waals surface area contributed by atoms with Crippen LogP contribution in [0.5, 0.6) is 0 Å². The van der Waals surface area contributed by atoms with Crippen LogP contribution in [-0.2, 0) is 26.9 Å². The van der Waals surface area contributed by atoms with Gasteiger partial charge in [0.2, 0.25) is 10.0 Å². The molecule has 0 saturated carbocycles. The number of likely N-dealkylation sites (tertiary alicyclic amines) is 1. The van der Waals surface area contributed by atoms with Gasteiger partial charge in [0, 0.05) is 32.4 Å². The second-order valence-corrected chi connectivity index (χ2v) is 13.0. The molecule has 0 bridgehead atoms. The van der Waals surface area contributed by atoms with Gasteiger partial charge in [0.25, 0.3) is 5.91 Å². The SMILES string of the molecule is Cn1cc(S(=O)(=O)N2CCCCC2)cc1C(=O)NC1CS(=O)(=O)CC1N1CCCCC1. The summed E-state index contributed by atoms with van der Waals surface area (Å²) in [5.74, 6) is -0.463. The summed E-state index contributed by atoms with van der Waals surface area (Å²) in [6.45, 7) is 2.68. The predicted octanol–water partition coefficient (Wildman–Crippen LogP) is 0.581. The molecule has 9 nitrogen and oxygen atoms in total. The lowest BCUT2D eigenvalue weighted by Crippen LogP contribution is -2.52. The first-order valence-corrected chi connectivity index (χ1v) is 14.4. The second-order valence-electron chi connectivity index (χ2n) is 8.96. The molecule has 4 rings (SSSR count). The maximum absolute atomic E-state index is 13.0. The van der Waals surface area contributed by atoms with Crippen LogP contribution in [0, 0.1) is 0 Å². The summed E-state index contributed by atoms with van der Waals surface area (Å²) >= 11 is 0. The van der Waals surface area contributed by atoms with Crippen molar-refractivity contribution in [3.05, 3.63) is 18.0 Å². The van der Waals surface area contributed by atoms with Crippen LogP contribution >= 0.6 is 0 Å². The topological polar surface area (TPSA) is 109 Å². The van der Waals surface area contributed by atoms with Crippen molar-refractivity contribution in [2.24, 2.45) is 7.05 Å². The number of nitrogens with one attached hydrogen (secondary N) is 1. The normalized spacial score (nSPS) is 27.9. The Bertz CT molecular complexity index is 1020. The third-order valence-electron chi connectivity index (χ3n) is 6.66. The molecule has 11 heteroatoms. The molecule has 3 aliphatic rings. The van der Waals surface area contributed by atoms with Gasteiger partial charge >= 0.3 is 0 Å². The fourth-order valence-electron chi connectivity index (χ4n) is 4.97. The van der Waals surface area contributed by atoms with Gasteiger partial charge in [-0.25, -0.2) is 16.8 Å². The number of amides is 1. The molecule has 0 radical (unpaired) electrons. The number of hydrogen-bond acceptors (Lipinski definition) is 6. The summed E-state index contributed by atoms with van der Waals surface area (Å²) in [6, 6.07) is 0.678. The lowest BCUT2D eigenvalue weighted by molar-refractivity contribution is 0.0892. The van der Waals surface area contributed by atoms with Crippen LogP contribution < -0.4 is 5.32 Å². The highest BCUT2D eigenvalue weighted by Crippen LogP contribution is 2.25. The van der Waals surface area contributed by atoms with Gasteiger partial charge in [0.1, 0.15) is 10.6 Å². The zero-order valence-corrected chi connectivity index (χ0v) is 19.6. The average Bonchev–Trinajstić information content (AvgIpc) is 3.29. The third-order valence-corrected chi connectivity index (χ3v) is 10.2. The predicted molar refractivity (Wildman–Crippen MR) is 117 cm³/mol. The molecular formula is C20H32N4O5S2. The van der Waals surface area contributed by atoms with Crippen molar-refractivity contribution >= 4 is 25.8 Å². The monoisotopic (exact) mass is 472 g/mol. The Balaban J connectivity index is 1.51. The third kappa shape index (κ3) is 4.84. The zero-order valence-electron chi connectivity index (χ0n) is 18.0. The van der Waals surface area contributed by atoms with Crippen molar-refractivity contribution in [2.45, 2.75) is 55.5 Å². The fourth-order valence-corrected chi connectivity index (χ4v) is 8.52. The van der Waals surface area contributed by atoms with Crippen molar-refractivity contribution in [3.8, 4) is 0 Å². The Morgan fingerprint density at radius 2 is 1.61 bits per heavy atom. The standard InChI is InChI=1S/C20H32N4O5S2/c1-22-13-16(31(28,29)24-10-6-3-7-11-24)12-18(22)20(25)21-17-14-30(26,27)15-19(17)23-8-4-2-5-9-23/h12-13,17,19H,2-11,14-15H2,1H3,(H,21,25). The minimum atomic E-state index is -3.64. The van der Waals surface area contributed by atoms with Crippen LogP contribution in [-0.4, -0.2) is 86.3 Å².